The van der Waals surface area contributed by atoms with Crippen molar-refractivity contribution in [2.45, 2.75) is 92.5 Å². The average Bonchev–Trinajstić information content (AvgIpc) is 2.53. The van der Waals surface area contributed by atoms with Gasteiger partial charge in [0.25, 0.3) is 0 Å². The fourth-order valence-electron chi connectivity index (χ4n) is 3.66. The molecule has 0 fully saturated rings. The molecule has 2 atom stereocenters. The summed E-state index contributed by atoms with van der Waals surface area (Å²) in [6.45, 7) is 15.8. The Kier molecular flexibility index (Phi) is 10.2. The van der Waals surface area contributed by atoms with Gasteiger partial charge < -0.3 is 9.64 Å². The zero-order valence-corrected chi connectivity index (χ0v) is 17.1. The van der Waals surface area contributed by atoms with Crippen LogP contribution in [0.5, 0.6) is 0 Å². The van der Waals surface area contributed by atoms with Gasteiger partial charge in [-0.25, -0.2) is 0 Å². The second-order valence-electron chi connectivity index (χ2n) is 7.83. The quantitative estimate of drug-likeness (QED) is 0.490. The Labute approximate surface area is 151 Å². The summed E-state index contributed by atoms with van der Waals surface area (Å²) in [5.41, 5.74) is 1.41. The highest BCUT2D eigenvalue weighted by Gasteiger charge is 2.23. The molecule has 0 bridgehead atoms. The highest BCUT2D eigenvalue weighted by molar-refractivity contribution is 5.21. The maximum atomic E-state index is 6.26. The molecule has 24 heavy (non-hydrogen) atoms. The van der Waals surface area contributed by atoms with Gasteiger partial charge in [0.1, 0.15) is 5.76 Å². The van der Waals surface area contributed by atoms with Gasteiger partial charge in [0.15, 0.2) is 0 Å². The van der Waals surface area contributed by atoms with Crippen LogP contribution < -0.4 is 0 Å². The molecule has 0 amide bonds. The van der Waals surface area contributed by atoms with Gasteiger partial charge in [-0.2, -0.15) is 0 Å². The minimum atomic E-state index is 0.488. The maximum absolute atomic E-state index is 6.26. The largest absolute Gasteiger partial charge is 0.492 e. The van der Waals surface area contributed by atoms with E-state index in [0.29, 0.717) is 12.0 Å². The third-order valence-corrected chi connectivity index (χ3v) is 5.15. The molecule has 1 heterocycles. The van der Waals surface area contributed by atoms with Crippen LogP contribution in [0.15, 0.2) is 23.6 Å². The number of hydrogen-bond donors (Lipinski definition) is 0. The minimum Gasteiger partial charge on any atom is -0.492 e. The third-order valence-electron chi connectivity index (χ3n) is 5.15. The van der Waals surface area contributed by atoms with E-state index >= 15 is 0 Å². The van der Waals surface area contributed by atoms with Crippen LogP contribution in [0.1, 0.15) is 86.5 Å². The molecule has 0 radical (unpaired) electrons. The molecule has 2 unspecified atom stereocenters. The van der Waals surface area contributed by atoms with Gasteiger partial charge in [0.05, 0.1) is 12.3 Å². The van der Waals surface area contributed by atoms with E-state index in [9.17, 15) is 0 Å². The molecule has 0 saturated heterocycles. The van der Waals surface area contributed by atoms with Crippen molar-refractivity contribution in [1.82, 2.24) is 4.90 Å². The summed E-state index contributed by atoms with van der Waals surface area (Å²) in [4.78, 5) is 2.66. The Morgan fingerprint density at radius 3 is 2.58 bits per heavy atom. The van der Waals surface area contributed by atoms with Crippen molar-refractivity contribution in [3.8, 4) is 0 Å². The number of ether oxygens (including phenoxy) is 1. The SMILES string of the molecule is CC=CC1=C(C(C)C)N(C(C)CCCCC)CCCC(C)CCO1. The van der Waals surface area contributed by atoms with E-state index in [4.69, 9.17) is 4.74 Å². The zero-order chi connectivity index (χ0) is 17.9. The van der Waals surface area contributed by atoms with E-state index in [0.717, 1.165) is 24.8 Å². The Balaban J connectivity index is 3.09. The number of nitrogens with zero attached hydrogens (tertiary/aromatic N) is 1. The second-order valence-corrected chi connectivity index (χ2v) is 7.83. The minimum absolute atomic E-state index is 0.488. The summed E-state index contributed by atoms with van der Waals surface area (Å²) in [5, 5.41) is 0. The normalized spacial score (nSPS) is 22.1. The topological polar surface area (TPSA) is 12.5 Å². The van der Waals surface area contributed by atoms with Gasteiger partial charge >= 0.3 is 0 Å². The predicted molar refractivity (Wildman–Crippen MR) is 106 cm³/mol. The maximum Gasteiger partial charge on any atom is 0.138 e. The van der Waals surface area contributed by atoms with E-state index in [-0.39, 0.29) is 0 Å². The van der Waals surface area contributed by atoms with Crippen molar-refractivity contribution in [2.75, 3.05) is 13.2 Å². The molecular formula is C22H41NO. The lowest BCUT2D eigenvalue weighted by atomic mass is 9.98. The molecular weight excluding hydrogens is 294 g/mol. The van der Waals surface area contributed by atoms with E-state index in [1.54, 1.807) is 0 Å². The summed E-state index contributed by atoms with van der Waals surface area (Å²) in [5.74, 6) is 2.35. The highest BCUT2D eigenvalue weighted by Crippen LogP contribution is 2.28. The van der Waals surface area contributed by atoms with Gasteiger partial charge in [0.2, 0.25) is 0 Å². The van der Waals surface area contributed by atoms with Crippen molar-refractivity contribution >= 4 is 0 Å². The lowest BCUT2D eigenvalue weighted by Gasteiger charge is -2.37. The molecule has 0 spiro atoms. The summed E-state index contributed by atoms with van der Waals surface area (Å²) in [7, 11) is 0. The molecule has 0 saturated carbocycles. The molecule has 0 aromatic carbocycles. The van der Waals surface area contributed by atoms with Gasteiger partial charge in [-0.05, 0) is 57.4 Å². The number of allylic oxidation sites excluding steroid dienone is 3. The molecule has 2 nitrogen and oxygen atoms in total. The highest BCUT2D eigenvalue weighted by atomic mass is 16.5. The smallest absolute Gasteiger partial charge is 0.138 e. The van der Waals surface area contributed by atoms with Crippen molar-refractivity contribution in [2.24, 2.45) is 11.8 Å². The van der Waals surface area contributed by atoms with Gasteiger partial charge in [-0.1, -0.05) is 53.0 Å². The number of rotatable bonds is 7. The first-order chi connectivity index (χ1) is 11.5. The Morgan fingerprint density at radius 2 is 1.96 bits per heavy atom. The first kappa shape index (κ1) is 21.1. The molecule has 1 aliphatic rings. The van der Waals surface area contributed by atoms with Crippen LogP contribution in [0.2, 0.25) is 0 Å². The van der Waals surface area contributed by atoms with Gasteiger partial charge in [0, 0.05) is 12.6 Å². The molecule has 1 rings (SSSR count). The average molecular weight is 336 g/mol. The predicted octanol–water partition coefficient (Wildman–Crippen LogP) is 6.54. The summed E-state index contributed by atoms with van der Waals surface area (Å²) in [6.07, 6.45) is 13.3. The van der Waals surface area contributed by atoms with Crippen LogP contribution >= 0.6 is 0 Å². The molecule has 0 aliphatic carbocycles. The second kappa shape index (κ2) is 11.6. The lowest BCUT2D eigenvalue weighted by Crippen LogP contribution is -2.37. The van der Waals surface area contributed by atoms with Crippen LogP contribution in [-0.4, -0.2) is 24.1 Å². The van der Waals surface area contributed by atoms with E-state index in [1.807, 2.05) is 0 Å². The first-order valence-corrected chi connectivity index (χ1v) is 10.3. The van der Waals surface area contributed by atoms with Crippen LogP contribution in [-0.2, 0) is 4.74 Å². The Morgan fingerprint density at radius 1 is 1.21 bits per heavy atom. The van der Waals surface area contributed by atoms with Crippen molar-refractivity contribution < 1.29 is 4.74 Å². The van der Waals surface area contributed by atoms with E-state index in [1.165, 1.54) is 50.6 Å². The zero-order valence-electron chi connectivity index (χ0n) is 17.1. The fraction of sp³-hybridized carbons (Fsp3) is 0.818. The summed E-state index contributed by atoms with van der Waals surface area (Å²) < 4.78 is 6.26. The fourth-order valence-corrected chi connectivity index (χ4v) is 3.66. The van der Waals surface area contributed by atoms with Gasteiger partial charge in [-0.15, -0.1) is 0 Å². The van der Waals surface area contributed by atoms with Crippen LogP contribution in [0, 0.1) is 11.8 Å². The molecule has 0 N–H and O–H groups in total. The summed E-state index contributed by atoms with van der Waals surface area (Å²) >= 11 is 0. The standard InChI is InChI=1S/C22H41NO/c1-7-9-10-14-20(6)23-16-11-13-19(5)15-17-24-21(12-8-2)22(23)18(3)4/h8,12,18-20H,7,9-11,13-17H2,1-6H3. The van der Waals surface area contributed by atoms with E-state index < -0.39 is 0 Å². The molecule has 140 valence electrons. The monoisotopic (exact) mass is 335 g/mol. The Bertz CT molecular complexity index is 397. The molecule has 1 aliphatic heterocycles. The van der Waals surface area contributed by atoms with Crippen molar-refractivity contribution in [3.05, 3.63) is 23.6 Å². The number of unbranched alkanes of at least 4 members (excludes halogenated alkanes) is 2. The van der Waals surface area contributed by atoms with Gasteiger partial charge in [-0.3, -0.25) is 0 Å². The first-order valence-electron chi connectivity index (χ1n) is 10.3. The van der Waals surface area contributed by atoms with Crippen LogP contribution in [0.3, 0.4) is 0 Å². The third kappa shape index (κ3) is 6.91. The Hall–Kier alpha value is -0.920. The molecule has 2 heteroatoms. The van der Waals surface area contributed by atoms with Crippen LogP contribution in [0.4, 0.5) is 0 Å². The molecule has 0 aromatic rings. The van der Waals surface area contributed by atoms with Crippen molar-refractivity contribution in [1.29, 1.82) is 0 Å². The molecule has 0 aromatic heterocycles. The van der Waals surface area contributed by atoms with Crippen LogP contribution in [0.25, 0.3) is 0 Å². The summed E-state index contributed by atoms with van der Waals surface area (Å²) in [6, 6.07) is 0.590. The van der Waals surface area contributed by atoms with E-state index in [2.05, 4.69) is 58.6 Å². The van der Waals surface area contributed by atoms with Crippen molar-refractivity contribution in [3.63, 3.8) is 0 Å². The number of hydrogen-bond acceptors (Lipinski definition) is 2. The lowest BCUT2D eigenvalue weighted by molar-refractivity contribution is 0.150.